The van der Waals surface area contributed by atoms with Crippen LogP contribution in [0.1, 0.15) is 53.6 Å². The topological polar surface area (TPSA) is 172 Å². The van der Waals surface area contributed by atoms with Crippen LogP contribution in [0.3, 0.4) is 0 Å². The van der Waals surface area contributed by atoms with Crippen LogP contribution in [-0.4, -0.2) is 96.9 Å². The van der Waals surface area contributed by atoms with E-state index in [2.05, 4.69) is 20.9 Å². The highest BCUT2D eigenvalue weighted by Crippen LogP contribution is 2.24. The van der Waals surface area contributed by atoms with E-state index in [0.717, 1.165) is 37.2 Å². The Hall–Kier alpha value is -4.49. The number of primary amides is 1. The van der Waals surface area contributed by atoms with Gasteiger partial charge in [-0.15, -0.1) is 0 Å². The average Bonchev–Trinajstić information content (AvgIpc) is 3.53. The highest BCUT2D eigenvalue weighted by atomic mass is 16.5. The van der Waals surface area contributed by atoms with Crippen molar-refractivity contribution in [3.05, 3.63) is 65.2 Å². The molecule has 0 radical (unpaired) electrons. The zero-order chi connectivity index (χ0) is 32.5. The summed E-state index contributed by atoms with van der Waals surface area (Å²) in [5.41, 5.74) is 7.54. The van der Waals surface area contributed by atoms with Crippen LogP contribution in [0.2, 0.25) is 0 Å². The van der Waals surface area contributed by atoms with Gasteiger partial charge in [0.25, 0.3) is 5.91 Å². The lowest BCUT2D eigenvalue weighted by Gasteiger charge is -2.30. The zero-order valence-electron chi connectivity index (χ0n) is 25.9. The summed E-state index contributed by atoms with van der Waals surface area (Å²) < 4.78 is 11.5. The molecule has 0 aliphatic carbocycles. The maximum atomic E-state index is 13.6. The number of ether oxygens (including phenoxy) is 2. The van der Waals surface area contributed by atoms with E-state index in [1.807, 2.05) is 24.3 Å². The van der Waals surface area contributed by atoms with Crippen LogP contribution in [0, 0.1) is 0 Å². The summed E-state index contributed by atoms with van der Waals surface area (Å²) >= 11 is 0. The second-order valence-electron chi connectivity index (χ2n) is 11.9. The molecule has 2 saturated heterocycles. The van der Waals surface area contributed by atoms with Gasteiger partial charge in [0.1, 0.15) is 24.4 Å². The van der Waals surface area contributed by atoms with Crippen molar-refractivity contribution in [3.63, 3.8) is 0 Å². The molecule has 2 aromatic carbocycles. The molecular formula is C33H42N6O7. The Labute approximate surface area is 268 Å². The van der Waals surface area contributed by atoms with Gasteiger partial charge in [0, 0.05) is 39.1 Å². The van der Waals surface area contributed by atoms with Crippen LogP contribution in [0.15, 0.2) is 48.5 Å². The summed E-state index contributed by atoms with van der Waals surface area (Å²) in [6.07, 6.45) is 0.911. The predicted octanol–water partition coefficient (Wildman–Crippen LogP) is 0.457. The van der Waals surface area contributed by atoms with E-state index in [4.69, 9.17) is 15.2 Å². The van der Waals surface area contributed by atoms with Gasteiger partial charge in [-0.3, -0.25) is 28.9 Å². The predicted molar refractivity (Wildman–Crippen MR) is 167 cm³/mol. The van der Waals surface area contributed by atoms with Crippen molar-refractivity contribution in [1.29, 1.82) is 0 Å². The fraction of sp³-hybridized carbons (Fsp3) is 0.485. The number of hydrogen-bond acceptors (Lipinski definition) is 8. The molecule has 0 aromatic heterocycles. The standard InChI is InChI=1S/C33H42N6O7/c34-29(40)11-10-26-33(44)39-12-4-7-24(39)21-46-28-9-2-1-8-25(28)31(42)37-27(18-30(41)36-26)32(43)35-19-22-5-3-6-23(17-22)20-38-13-15-45-16-14-38/h1-3,5-6,8-9,17,24,26-27H,4,7,10-16,18-21H2,(H2,34,40)(H,35,43)(H,36,41)(H,37,42)/t24-,26+,27+/m1/s1. The van der Waals surface area contributed by atoms with Crippen LogP contribution in [0.5, 0.6) is 5.75 Å². The number of para-hydroxylation sites is 1. The van der Waals surface area contributed by atoms with E-state index in [1.54, 1.807) is 29.2 Å². The number of amides is 5. The van der Waals surface area contributed by atoms with Crippen LogP contribution >= 0.6 is 0 Å². The largest absolute Gasteiger partial charge is 0.491 e. The third-order valence-electron chi connectivity index (χ3n) is 8.52. The second-order valence-corrected chi connectivity index (χ2v) is 11.9. The number of nitrogens with two attached hydrogens (primary N) is 1. The molecule has 3 heterocycles. The van der Waals surface area contributed by atoms with E-state index in [9.17, 15) is 24.0 Å². The first-order valence-corrected chi connectivity index (χ1v) is 15.8. The molecule has 3 aliphatic heterocycles. The minimum atomic E-state index is -1.26. The molecule has 3 atom stereocenters. The molecule has 0 bridgehead atoms. The molecule has 3 aliphatic rings. The van der Waals surface area contributed by atoms with E-state index in [0.29, 0.717) is 31.9 Å². The number of carbonyl (C=O) groups is 5. The SMILES string of the molecule is NC(=O)CC[C@@H]1NC(=O)C[C@@H](C(=O)NCc2cccc(CN3CCOCC3)c2)NC(=O)c2ccccc2OC[C@H]2CCCN2C1=O. The smallest absolute Gasteiger partial charge is 0.255 e. The van der Waals surface area contributed by atoms with Crippen molar-refractivity contribution < 1.29 is 33.4 Å². The van der Waals surface area contributed by atoms with Gasteiger partial charge in [-0.25, -0.2) is 0 Å². The third-order valence-corrected chi connectivity index (χ3v) is 8.52. The lowest BCUT2D eigenvalue weighted by Crippen LogP contribution is -2.54. The van der Waals surface area contributed by atoms with Gasteiger partial charge >= 0.3 is 0 Å². The summed E-state index contributed by atoms with van der Waals surface area (Å²) in [4.78, 5) is 69.5. The fourth-order valence-electron chi connectivity index (χ4n) is 6.06. The first kappa shape index (κ1) is 32.9. The molecule has 0 saturated carbocycles. The zero-order valence-corrected chi connectivity index (χ0v) is 25.9. The number of carbonyl (C=O) groups excluding carboxylic acids is 5. The summed E-state index contributed by atoms with van der Waals surface area (Å²) in [7, 11) is 0. The maximum absolute atomic E-state index is 13.6. The van der Waals surface area contributed by atoms with Crippen LogP contribution in [0.25, 0.3) is 0 Å². The molecule has 2 fully saturated rings. The van der Waals surface area contributed by atoms with E-state index in [-0.39, 0.29) is 43.5 Å². The monoisotopic (exact) mass is 634 g/mol. The Morgan fingerprint density at radius 3 is 2.57 bits per heavy atom. The summed E-state index contributed by atoms with van der Waals surface area (Å²) in [6, 6.07) is 12.0. The van der Waals surface area contributed by atoms with Gasteiger partial charge < -0.3 is 36.1 Å². The van der Waals surface area contributed by atoms with Gasteiger partial charge in [-0.1, -0.05) is 36.4 Å². The van der Waals surface area contributed by atoms with Crippen LogP contribution in [-0.2, 0) is 37.0 Å². The molecule has 2 aromatic rings. The summed E-state index contributed by atoms with van der Waals surface area (Å²) in [5.74, 6) is -2.38. The fourth-order valence-corrected chi connectivity index (χ4v) is 6.06. The molecular weight excluding hydrogens is 592 g/mol. The van der Waals surface area contributed by atoms with Crippen molar-refractivity contribution in [2.75, 3.05) is 39.5 Å². The second kappa shape index (κ2) is 15.7. The van der Waals surface area contributed by atoms with E-state index < -0.39 is 42.1 Å². The first-order valence-electron chi connectivity index (χ1n) is 15.8. The number of hydrogen-bond donors (Lipinski definition) is 4. The van der Waals surface area contributed by atoms with Gasteiger partial charge in [-0.05, 0) is 42.5 Å². The number of benzene rings is 2. The van der Waals surface area contributed by atoms with E-state index >= 15 is 0 Å². The van der Waals surface area contributed by atoms with Crippen molar-refractivity contribution in [3.8, 4) is 5.75 Å². The average molecular weight is 635 g/mol. The Kier molecular flexibility index (Phi) is 11.2. The van der Waals surface area contributed by atoms with Gasteiger partial charge in [0.05, 0.1) is 31.2 Å². The minimum absolute atomic E-state index is 0.0107. The number of fused-ring (bicyclic) bond motifs is 2. The number of morpholine rings is 1. The lowest BCUT2D eigenvalue weighted by atomic mass is 10.1. The lowest BCUT2D eigenvalue weighted by molar-refractivity contribution is -0.138. The molecule has 5 amide bonds. The van der Waals surface area contributed by atoms with Crippen LogP contribution < -0.4 is 26.4 Å². The quantitative estimate of drug-likeness (QED) is 0.324. The highest BCUT2D eigenvalue weighted by molar-refractivity contribution is 6.01. The molecule has 13 heteroatoms. The normalized spacial score (nSPS) is 22.8. The molecule has 5 rings (SSSR count). The Morgan fingerprint density at radius 1 is 0.978 bits per heavy atom. The Bertz CT molecular complexity index is 1430. The molecule has 13 nitrogen and oxygen atoms in total. The number of nitrogens with one attached hydrogen (secondary N) is 3. The van der Waals surface area contributed by atoms with Crippen LogP contribution in [0.4, 0.5) is 0 Å². The van der Waals surface area contributed by atoms with Gasteiger partial charge in [0.15, 0.2) is 0 Å². The maximum Gasteiger partial charge on any atom is 0.255 e. The highest BCUT2D eigenvalue weighted by Gasteiger charge is 2.36. The Balaban J connectivity index is 1.34. The molecule has 246 valence electrons. The van der Waals surface area contributed by atoms with Crippen molar-refractivity contribution >= 4 is 29.5 Å². The van der Waals surface area contributed by atoms with Gasteiger partial charge in [-0.2, -0.15) is 0 Å². The number of nitrogens with zero attached hydrogens (tertiary/aromatic N) is 2. The Morgan fingerprint density at radius 2 is 1.76 bits per heavy atom. The molecule has 46 heavy (non-hydrogen) atoms. The molecule has 5 N–H and O–H groups in total. The van der Waals surface area contributed by atoms with Crippen molar-refractivity contribution in [2.24, 2.45) is 5.73 Å². The molecule has 0 spiro atoms. The third kappa shape index (κ3) is 8.82. The van der Waals surface area contributed by atoms with Gasteiger partial charge in [0.2, 0.25) is 23.6 Å². The summed E-state index contributed by atoms with van der Waals surface area (Å²) in [6.45, 7) is 4.66. The number of rotatable bonds is 8. The van der Waals surface area contributed by atoms with E-state index in [1.165, 1.54) is 0 Å². The first-order chi connectivity index (χ1) is 22.3. The van der Waals surface area contributed by atoms with Crippen molar-refractivity contribution in [1.82, 2.24) is 25.8 Å². The van der Waals surface area contributed by atoms with Crippen molar-refractivity contribution in [2.45, 2.75) is 63.3 Å². The minimum Gasteiger partial charge on any atom is -0.491 e. The summed E-state index contributed by atoms with van der Waals surface area (Å²) in [5, 5.41) is 8.26. The molecule has 0 unspecified atom stereocenters.